The molecular weight excluding hydrogens is 234 g/mol. The summed E-state index contributed by atoms with van der Waals surface area (Å²) in [5.41, 5.74) is 0. The van der Waals surface area contributed by atoms with Gasteiger partial charge in [-0.2, -0.15) is 0 Å². The summed E-state index contributed by atoms with van der Waals surface area (Å²) in [5.74, 6) is -0.709. The first-order valence-electron chi connectivity index (χ1n) is 6.19. The first-order valence-corrected chi connectivity index (χ1v) is 6.19. The Morgan fingerprint density at radius 1 is 1.39 bits per heavy atom. The van der Waals surface area contributed by atoms with E-state index in [1.165, 1.54) is 4.90 Å². The SMILES string of the molecule is CC(C)C(=O)N[C@@H](C)C(=O)N(C)[C@H]1CCNC1=O. The maximum Gasteiger partial charge on any atom is 0.245 e. The van der Waals surface area contributed by atoms with Gasteiger partial charge in [-0.3, -0.25) is 14.4 Å². The molecule has 0 bridgehead atoms. The van der Waals surface area contributed by atoms with Crippen molar-refractivity contribution in [2.45, 2.75) is 39.3 Å². The van der Waals surface area contributed by atoms with Crippen LogP contribution in [0.2, 0.25) is 0 Å². The predicted molar refractivity (Wildman–Crippen MR) is 66.6 cm³/mol. The van der Waals surface area contributed by atoms with E-state index < -0.39 is 12.1 Å². The fourth-order valence-electron chi connectivity index (χ4n) is 1.85. The molecule has 0 aromatic carbocycles. The molecule has 1 heterocycles. The Morgan fingerprint density at radius 3 is 2.44 bits per heavy atom. The van der Waals surface area contributed by atoms with Crippen molar-refractivity contribution in [1.82, 2.24) is 15.5 Å². The summed E-state index contributed by atoms with van der Waals surface area (Å²) in [6, 6.07) is -1.03. The van der Waals surface area contributed by atoms with Gasteiger partial charge in [-0.15, -0.1) is 0 Å². The molecule has 6 heteroatoms. The molecule has 0 radical (unpaired) electrons. The summed E-state index contributed by atoms with van der Waals surface area (Å²) in [7, 11) is 1.59. The Hall–Kier alpha value is -1.59. The van der Waals surface area contributed by atoms with Crippen molar-refractivity contribution in [3.8, 4) is 0 Å². The van der Waals surface area contributed by atoms with Gasteiger partial charge in [0.1, 0.15) is 12.1 Å². The zero-order chi connectivity index (χ0) is 13.9. The molecule has 0 unspecified atom stereocenters. The fraction of sp³-hybridized carbons (Fsp3) is 0.750. The first kappa shape index (κ1) is 14.5. The lowest BCUT2D eigenvalue weighted by Crippen LogP contribution is -2.51. The highest BCUT2D eigenvalue weighted by Gasteiger charge is 2.33. The third-order valence-electron chi connectivity index (χ3n) is 3.09. The third kappa shape index (κ3) is 3.21. The lowest BCUT2D eigenvalue weighted by Gasteiger charge is -2.26. The molecule has 0 aromatic heterocycles. The molecule has 2 atom stereocenters. The molecule has 0 aliphatic carbocycles. The van der Waals surface area contributed by atoms with Crippen molar-refractivity contribution in [1.29, 1.82) is 0 Å². The van der Waals surface area contributed by atoms with Crippen molar-refractivity contribution in [2.24, 2.45) is 5.92 Å². The lowest BCUT2D eigenvalue weighted by atomic mass is 10.1. The second-order valence-electron chi connectivity index (χ2n) is 4.93. The third-order valence-corrected chi connectivity index (χ3v) is 3.09. The molecule has 102 valence electrons. The van der Waals surface area contributed by atoms with E-state index >= 15 is 0 Å². The molecule has 0 saturated carbocycles. The number of amides is 3. The Kier molecular flexibility index (Phi) is 4.69. The van der Waals surface area contributed by atoms with Crippen molar-refractivity contribution in [3.63, 3.8) is 0 Å². The molecular formula is C12H21N3O3. The first-order chi connectivity index (χ1) is 8.34. The van der Waals surface area contributed by atoms with E-state index in [9.17, 15) is 14.4 Å². The monoisotopic (exact) mass is 255 g/mol. The van der Waals surface area contributed by atoms with Gasteiger partial charge in [0.25, 0.3) is 0 Å². The normalized spacial score (nSPS) is 20.5. The molecule has 0 spiro atoms. The van der Waals surface area contributed by atoms with Gasteiger partial charge in [0, 0.05) is 19.5 Å². The minimum absolute atomic E-state index is 0.131. The number of hydrogen-bond acceptors (Lipinski definition) is 3. The average molecular weight is 255 g/mol. The van der Waals surface area contributed by atoms with Crippen LogP contribution in [0.15, 0.2) is 0 Å². The zero-order valence-electron chi connectivity index (χ0n) is 11.3. The van der Waals surface area contributed by atoms with Gasteiger partial charge in [0.05, 0.1) is 0 Å². The van der Waals surface area contributed by atoms with Gasteiger partial charge < -0.3 is 15.5 Å². The largest absolute Gasteiger partial charge is 0.354 e. The molecule has 3 amide bonds. The molecule has 18 heavy (non-hydrogen) atoms. The summed E-state index contributed by atoms with van der Waals surface area (Å²) in [6.45, 7) is 5.75. The highest BCUT2D eigenvalue weighted by molar-refractivity contribution is 5.92. The Bertz CT molecular complexity index is 354. The number of carbonyl (C=O) groups is 3. The van der Waals surface area contributed by atoms with Crippen LogP contribution in [-0.2, 0) is 14.4 Å². The van der Waals surface area contributed by atoms with Crippen molar-refractivity contribution in [3.05, 3.63) is 0 Å². The van der Waals surface area contributed by atoms with Gasteiger partial charge in [-0.05, 0) is 13.3 Å². The summed E-state index contributed by atoms with van der Waals surface area (Å²) in [6.07, 6.45) is 0.617. The topological polar surface area (TPSA) is 78.5 Å². The number of nitrogens with zero attached hydrogens (tertiary/aromatic N) is 1. The maximum atomic E-state index is 12.1. The van der Waals surface area contributed by atoms with Crippen molar-refractivity contribution >= 4 is 17.7 Å². The standard InChI is InChI=1S/C12H21N3O3/c1-7(2)10(16)14-8(3)12(18)15(4)9-5-6-13-11(9)17/h7-9H,5-6H2,1-4H3,(H,13,17)(H,14,16)/t8-,9-/m0/s1. The minimum atomic E-state index is -0.613. The van der Waals surface area contributed by atoms with Crippen molar-refractivity contribution < 1.29 is 14.4 Å². The van der Waals surface area contributed by atoms with Crippen LogP contribution in [0.5, 0.6) is 0 Å². The summed E-state index contributed by atoms with van der Waals surface area (Å²) >= 11 is 0. The Labute approximate surface area is 107 Å². The number of likely N-dealkylation sites (N-methyl/N-ethyl adjacent to an activating group) is 1. The summed E-state index contributed by atoms with van der Waals surface area (Å²) in [5, 5.41) is 5.32. The van der Waals surface area contributed by atoms with Crippen LogP contribution in [0.25, 0.3) is 0 Å². The molecule has 1 aliphatic rings. The van der Waals surface area contributed by atoms with Crippen LogP contribution >= 0.6 is 0 Å². The smallest absolute Gasteiger partial charge is 0.245 e. The lowest BCUT2D eigenvalue weighted by molar-refractivity contribution is -0.140. The second-order valence-corrected chi connectivity index (χ2v) is 4.93. The molecule has 2 N–H and O–H groups in total. The number of carbonyl (C=O) groups excluding carboxylic acids is 3. The summed E-state index contributed by atoms with van der Waals surface area (Å²) in [4.78, 5) is 36.5. The second kappa shape index (κ2) is 5.84. The Morgan fingerprint density at radius 2 is 2.00 bits per heavy atom. The van der Waals surface area contributed by atoms with Crippen LogP contribution in [0.1, 0.15) is 27.2 Å². The van der Waals surface area contributed by atoms with Gasteiger partial charge in [0.2, 0.25) is 17.7 Å². The van der Waals surface area contributed by atoms with Gasteiger partial charge in [-0.25, -0.2) is 0 Å². The predicted octanol–water partition coefficient (Wildman–Crippen LogP) is -0.506. The van der Waals surface area contributed by atoms with E-state index in [1.807, 2.05) is 0 Å². The van der Waals surface area contributed by atoms with Crippen molar-refractivity contribution in [2.75, 3.05) is 13.6 Å². The molecule has 1 aliphatic heterocycles. The maximum absolute atomic E-state index is 12.1. The highest BCUT2D eigenvalue weighted by Crippen LogP contribution is 2.09. The van der Waals surface area contributed by atoms with E-state index in [4.69, 9.17) is 0 Å². The van der Waals surface area contributed by atoms with Crippen LogP contribution in [-0.4, -0.2) is 48.3 Å². The number of nitrogens with one attached hydrogen (secondary N) is 2. The van der Waals surface area contributed by atoms with E-state index in [1.54, 1.807) is 27.8 Å². The highest BCUT2D eigenvalue weighted by atomic mass is 16.2. The Balaban J connectivity index is 2.57. The minimum Gasteiger partial charge on any atom is -0.354 e. The van der Waals surface area contributed by atoms with E-state index in [0.717, 1.165) is 0 Å². The number of hydrogen-bond donors (Lipinski definition) is 2. The van der Waals surface area contributed by atoms with Gasteiger partial charge >= 0.3 is 0 Å². The molecule has 1 fully saturated rings. The van der Waals surface area contributed by atoms with E-state index in [-0.39, 0.29) is 23.6 Å². The average Bonchev–Trinajstić information content (AvgIpc) is 2.73. The summed E-state index contributed by atoms with van der Waals surface area (Å²) < 4.78 is 0. The van der Waals surface area contributed by atoms with Crippen LogP contribution in [0.3, 0.4) is 0 Å². The van der Waals surface area contributed by atoms with E-state index in [0.29, 0.717) is 13.0 Å². The van der Waals surface area contributed by atoms with Crippen LogP contribution in [0, 0.1) is 5.92 Å². The quantitative estimate of drug-likeness (QED) is 0.710. The molecule has 0 aromatic rings. The van der Waals surface area contributed by atoms with Crippen LogP contribution in [0.4, 0.5) is 0 Å². The zero-order valence-corrected chi connectivity index (χ0v) is 11.3. The van der Waals surface area contributed by atoms with Gasteiger partial charge in [-0.1, -0.05) is 13.8 Å². The molecule has 6 nitrogen and oxygen atoms in total. The fourth-order valence-corrected chi connectivity index (χ4v) is 1.85. The van der Waals surface area contributed by atoms with E-state index in [2.05, 4.69) is 10.6 Å². The molecule has 1 rings (SSSR count). The van der Waals surface area contributed by atoms with Gasteiger partial charge in [0.15, 0.2) is 0 Å². The van der Waals surface area contributed by atoms with Crippen LogP contribution < -0.4 is 10.6 Å². The number of rotatable bonds is 4. The molecule has 1 saturated heterocycles.